The van der Waals surface area contributed by atoms with Crippen LogP contribution in [0.1, 0.15) is 34.4 Å². The SMILES string of the molecule is CC1(c2ncc(C=O)s2)CCCS1. The molecule has 1 atom stereocenters. The van der Waals surface area contributed by atoms with Gasteiger partial charge >= 0.3 is 0 Å². The number of hydrogen-bond donors (Lipinski definition) is 0. The Labute approximate surface area is 85.8 Å². The van der Waals surface area contributed by atoms with Crippen molar-refractivity contribution in [1.82, 2.24) is 4.98 Å². The minimum atomic E-state index is 0.173. The van der Waals surface area contributed by atoms with E-state index in [2.05, 4.69) is 11.9 Å². The molecule has 1 aliphatic heterocycles. The summed E-state index contributed by atoms with van der Waals surface area (Å²) in [4.78, 5) is 15.5. The number of carbonyl (C=O) groups is 1. The first-order chi connectivity index (χ1) is 6.24. The van der Waals surface area contributed by atoms with E-state index in [0.717, 1.165) is 16.2 Å². The van der Waals surface area contributed by atoms with Gasteiger partial charge in [-0.2, -0.15) is 0 Å². The summed E-state index contributed by atoms with van der Waals surface area (Å²) in [6, 6.07) is 0. The molecule has 2 rings (SSSR count). The number of aldehydes is 1. The highest BCUT2D eigenvalue weighted by molar-refractivity contribution is 8.00. The highest BCUT2D eigenvalue weighted by Gasteiger charge is 2.34. The number of rotatable bonds is 2. The Bertz CT molecular complexity index is 315. The minimum Gasteiger partial charge on any atom is -0.297 e. The van der Waals surface area contributed by atoms with Crippen LogP contribution in [0, 0.1) is 0 Å². The number of carbonyl (C=O) groups excluding carboxylic acids is 1. The second kappa shape index (κ2) is 3.42. The molecule has 0 saturated carbocycles. The normalized spacial score (nSPS) is 27.8. The van der Waals surface area contributed by atoms with Crippen LogP contribution < -0.4 is 0 Å². The van der Waals surface area contributed by atoms with Gasteiger partial charge in [-0.1, -0.05) is 0 Å². The molecule has 0 spiro atoms. The largest absolute Gasteiger partial charge is 0.297 e. The van der Waals surface area contributed by atoms with E-state index in [4.69, 9.17) is 0 Å². The Kier molecular flexibility index (Phi) is 2.43. The van der Waals surface area contributed by atoms with Crippen molar-refractivity contribution < 1.29 is 4.79 Å². The van der Waals surface area contributed by atoms with Gasteiger partial charge < -0.3 is 0 Å². The first-order valence-corrected chi connectivity index (χ1v) is 6.10. The standard InChI is InChI=1S/C9H11NOS2/c1-9(3-2-4-12-9)8-10-5-7(6-11)13-8/h5-6H,2-4H2,1H3. The minimum absolute atomic E-state index is 0.173. The number of thioether (sulfide) groups is 1. The molecule has 0 amide bonds. The Balaban J connectivity index is 2.28. The average Bonchev–Trinajstić information content (AvgIpc) is 2.72. The van der Waals surface area contributed by atoms with Gasteiger partial charge in [-0.25, -0.2) is 4.98 Å². The van der Waals surface area contributed by atoms with Gasteiger partial charge in [0.25, 0.3) is 0 Å². The highest BCUT2D eigenvalue weighted by Crippen LogP contribution is 2.47. The van der Waals surface area contributed by atoms with E-state index in [1.165, 1.54) is 29.9 Å². The second-order valence-corrected chi connectivity index (χ2v) is 6.03. The third kappa shape index (κ3) is 1.65. The van der Waals surface area contributed by atoms with E-state index in [1.807, 2.05) is 11.8 Å². The summed E-state index contributed by atoms with van der Waals surface area (Å²) in [7, 11) is 0. The van der Waals surface area contributed by atoms with E-state index in [1.54, 1.807) is 6.20 Å². The molecule has 1 fully saturated rings. The quantitative estimate of drug-likeness (QED) is 0.707. The summed E-state index contributed by atoms with van der Waals surface area (Å²) < 4.78 is 0.173. The van der Waals surface area contributed by atoms with Crippen LogP contribution in [0.5, 0.6) is 0 Å². The van der Waals surface area contributed by atoms with Crippen molar-refractivity contribution in [2.24, 2.45) is 0 Å². The van der Waals surface area contributed by atoms with Crippen molar-refractivity contribution in [2.45, 2.75) is 24.5 Å². The molecular weight excluding hydrogens is 202 g/mol. The maximum Gasteiger partial charge on any atom is 0.161 e. The summed E-state index contributed by atoms with van der Waals surface area (Å²) in [5.41, 5.74) is 0. The molecule has 2 heterocycles. The fourth-order valence-corrected chi connectivity index (χ4v) is 3.84. The van der Waals surface area contributed by atoms with Crippen molar-refractivity contribution in [1.29, 1.82) is 0 Å². The molecule has 2 nitrogen and oxygen atoms in total. The molecule has 1 aliphatic rings. The fraction of sp³-hybridized carbons (Fsp3) is 0.556. The number of aromatic nitrogens is 1. The predicted octanol–water partition coefficient (Wildman–Crippen LogP) is 2.70. The topological polar surface area (TPSA) is 30.0 Å². The zero-order valence-corrected chi connectivity index (χ0v) is 9.08. The molecule has 4 heteroatoms. The van der Waals surface area contributed by atoms with E-state index >= 15 is 0 Å². The predicted molar refractivity (Wildman–Crippen MR) is 56.5 cm³/mol. The monoisotopic (exact) mass is 213 g/mol. The van der Waals surface area contributed by atoms with E-state index in [-0.39, 0.29) is 4.75 Å². The molecular formula is C9H11NOS2. The Morgan fingerprint density at radius 2 is 2.54 bits per heavy atom. The van der Waals surface area contributed by atoms with Crippen LogP contribution in [0.3, 0.4) is 0 Å². The summed E-state index contributed by atoms with van der Waals surface area (Å²) in [5.74, 6) is 1.21. The Hall–Kier alpha value is -0.350. The van der Waals surface area contributed by atoms with Gasteiger partial charge in [0.2, 0.25) is 0 Å². The van der Waals surface area contributed by atoms with E-state index < -0.39 is 0 Å². The van der Waals surface area contributed by atoms with Crippen LogP contribution in [-0.2, 0) is 4.75 Å². The number of nitrogens with zero attached hydrogens (tertiary/aromatic N) is 1. The summed E-state index contributed by atoms with van der Waals surface area (Å²) in [6.45, 7) is 2.22. The highest BCUT2D eigenvalue weighted by atomic mass is 32.2. The molecule has 1 aromatic heterocycles. The molecule has 0 aliphatic carbocycles. The van der Waals surface area contributed by atoms with Gasteiger partial charge in [-0.3, -0.25) is 4.79 Å². The van der Waals surface area contributed by atoms with Gasteiger partial charge in [-0.15, -0.1) is 23.1 Å². The van der Waals surface area contributed by atoms with Gasteiger partial charge in [0.1, 0.15) is 5.01 Å². The first-order valence-electron chi connectivity index (χ1n) is 4.30. The lowest BCUT2D eigenvalue weighted by atomic mass is 10.1. The van der Waals surface area contributed by atoms with Crippen LogP contribution in [-0.4, -0.2) is 17.0 Å². The summed E-state index contributed by atoms with van der Waals surface area (Å²) >= 11 is 3.48. The van der Waals surface area contributed by atoms with Gasteiger partial charge in [0.15, 0.2) is 6.29 Å². The van der Waals surface area contributed by atoms with Crippen molar-refractivity contribution in [2.75, 3.05) is 5.75 Å². The third-order valence-corrected chi connectivity index (χ3v) is 5.15. The van der Waals surface area contributed by atoms with Gasteiger partial charge in [-0.05, 0) is 25.5 Å². The first kappa shape index (κ1) is 9.21. The van der Waals surface area contributed by atoms with E-state index in [0.29, 0.717) is 0 Å². The Morgan fingerprint density at radius 1 is 1.69 bits per heavy atom. The van der Waals surface area contributed by atoms with Crippen LogP contribution >= 0.6 is 23.1 Å². The van der Waals surface area contributed by atoms with Crippen molar-refractivity contribution >= 4 is 29.4 Å². The maximum absolute atomic E-state index is 10.5. The molecule has 0 bridgehead atoms. The lowest BCUT2D eigenvalue weighted by Crippen LogP contribution is -2.11. The molecule has 70 valence electrons. The van der Waals surface area contributed by atoms with Crippen LogP contribution in [0.25, 0.3) is 0 Å². The van der Waals surface area contributed by atoms with Crippen molar-refractivity contribution in [3.05, 3.63) is 16.1 Å². The van der Waals surface area contributed by atoms with Crippen LogP contribution in [0.4, 0.5) is 0 Å². The Morgan fingerprint density at radius 3 is 3.08 bits per heavy atom. The van der Waals surface area contributed by atoms with Crippen LogP contribution in [0.15, 0.2) is 6.20 Å². The van der Waals surface area contributed by atoms with E-state index in [9.17, 15) is 4.79 Å². The second-order valence-electron chi connectivity index (χ2n) is 3.37. The molecule has 1 saturated heterocycles. The molecule has 1 aromatic rings. The van der Waals surface area contributed by atoms with Crippen LogP contribution in [0.2, 0.25) is 0 Å². The maximum atomic E-state index is 10.5. The smallest absolute Gasteiger partial charge is 0.161 e. The zero-order valence-electron chi connectivity index (χ0n) is 7.45. The lowest BCUT2D eigenvalue weighted by Gasteiger charge is -2.18. The number of thiazole rings is 1. The lowest BCUT2D eigenvalue weighted by molar-refractivity contribution is 0.112. The molecule has 0 aromatic carbocycles. The van der Waals surface area contributed by atoms with Crippen molar-refractivity contribution in [3.63, 3.8) is 0 Å². The molecule has 0 radical (unpaired) electrons. The fourth-order valence-electron chi connectivity index (χ4n) is 1.53. The molecule has 0 N–H and O–H groups in total. The van der Waals surface area contributed by atoms with Gasteiger partial charge in [0.05, 0.1) is 9.62 Å². The third-order valence-electron chi connectivity index (χ3n) is 2.31. The number of hydrogen-bond acceptors (Lipinski definition) is 4. The average molecular weight is 213 g/mol. The summed E-state index contributed by atoms with van der Waals surface area (Å²) in [6.07, 6.45) is 5.00. The van der Waals surface area contributed by atoms with Gasteiger partial charge in [0, 0.05) is 6.20 Å². The summed E-state index contributed by atoms with van der Waals surface area (Å²) in [5, 5.41) is 1.11. The molecule has 13 heavy (non-hydrogen) atoms. The zero-order chi connectivity index (χ0) is 9.31. The molecule has 1 unspecified atom stereocenters. The van der Waals surface area contributed by atoms with Crippen molar-refractivity contribution in [3.8, 4) is 0 Å².